The van der Waals surface area contributed by atoms with Crippen LogP contribution in [0.25, 0.3) is 11.3 Å². The number of hydrogen-bond acceptors (Lipinski definition) is 4. The van der Waals surface area contributed by atoms with Crippen LogP contribution in [0.4, 0.5) is 0 Å². The second-order valence-electron chi connectivity index (χ2n) is 6.00. The van der Waals surface area contributed by atoms with E-state index in [2.05, 4.69) is 5.16 Å². The molecule has 2 aromatic carbocycles. The van der Waals surface area contributed by atoms with Gasteiger partial charge in [-0.05, 0) is 17.7 Å². The molecule has 3 aromatic rings. The van der Waals surface area contributed by atoms with Crippen molar-refractivity contribution in [3.8, 4) is 17.1 Å². The molecule has 0 radical (unpaired) electrons. The number of ether oxygens (including phenoxy) is 1. The average molecular weight is 350 g/mol. The van der Waals surface area contributed by atoms with E-state index in [0.717, 1.165) is 22.6 Å². The summed E-state index contributed by atoms with van der Waals surface area (Å²) in [6.07, 6.45) is 0.452. The first-order chi connectivity index (χ1) is 12.7. The van der Waals surface area contributed by atoms with Crippen molar-refractivity contribution in [3.63, 3.8) is 0 Å². The van der Waals surface area contributed by atoms with Crippen LogP contribution >= 0.6 is 0 Å². The zero-order valence-electron chi connectivity index (χ0n) is 15.0. The summed E-state index contributed by atoms with van der Waals surface area (Å²) in [7, 11) is 1.63. The third kappa shape index (κ3) is 4.30. The Balaban J connectivity index is 1.77. The maximum absolute atomic E-state index is 12.3. The number of methoxy groups -OCH3 is 1. The van der Waals surface area contributed by atoms with Gasteiger partial charge in [0.1, 0.15) is 11.4 Å². The van der Waals surface area contributed by atoms with Gasteiger partial charge in [0.15, 0.2) is 5.76 Å². The monoisotopic (exact) mass is 350 g/mol. The average Bonchev–Trinajstić information content (AvgIpc) is 3.16. The topological polar surface area (TPSA) is 55.6 Å². The smallest absolute Gasteiger partial charge is 0.222 e. The predicted molar refractivity (Wildman–Crippen MR) is 99.5 cm³/mol. The van der Waals surface area contributed by atoms with Crippen LogP contribution in [-0.2, 0) is 17.9 Å². The summed E-state index contributed by atoms with van der Waals surface area (Å²) >= 11 is 0. The molecule has 0 aliphatic heterocycles. The SMILES string of the molecule is CCC(=O)N(Cc1ccccc1)Cc1cc(-c2cccc(OC)c2)on1. The van der Waals surface area contributed by atoms with Gasteiger partial charge in [0.05, 0.1) is 13.7 Å². The van der Waals surface area contributed by atoms with Crippen LogP contribution in [0.15, 0.2) is 65.2 Å². The first-order valence-corrected chi connectivity index (χ1v) is 8.61. The highest BCUT2D eigenvalue weighted by Gasteiger charge is 2.16. The Labute approximate surface area is 153 Å². The van der Waals surface area contributed by atoms with Crippen LogP contribution in [-0.4, -0.2) is 23.1 Å². The van der Waals surface area contributed by atoms with Crippen LogP contribution in [0.3, 0.4) is 0 Å². The molecule has 0 atom stereocenters. The van der Waals surface area contributed by atoms with E-state index in [1.54, 1.807) is 12.0 Å². The van der Waals surface area contributed by atoms with Gasteiger partial charge in [0.2, 0.25) is 5.91 Å². The number of hydrogen-bond donors (Lipinski definition) is 0. The van der Waals surface area contributed by atoms with Gasteiger partial charge in [-0.1, -0.05) is 54.5 Å². The van der Waals surface area contributed by atoms with E-state index >= 15 is 0 Å². The standard InChI is InChI=1S/C21H22N2O3/c1-3-21(24)23(14-16-8-5-4-6-9-16)15-18-13-20(26-22-18)17-10-7-11-19(12-17)25-2/h4-13H,3,14-15H2,1-2H3. The van der Waals surface area contributed by atoms with E-state index in [-0.39, 0.29) is 5.91 Å². The van der Waals surface area contributed by atoms with Crippen LogP contribution in [0.5, 0.6) is 5.75 Å². The maximum Gasteiger partial charge on any atom is 0.222 e. The molecule has 1 aromatic heterocycles. The number of carbonyl (C=O) groups excluding carboxylic acids is 1. The fraction of sp³-hybridized carbons (Fsp3) is 0.238. The molecule has 1 amide bonds. The van der Waals surface area contributed by atoms with Crippen molar-refractivity contribution in [3.05, 3.63) is 71.9 Å². The van der Waals surface area contributed by atoms with Crippen molar-refractivity contribution < 1.29 is 14.1 Å². The van der Waals surface area contributed by atoms with Crippen molar-refractivity contribution in [1.29, 1.82) is 0 Å². The summed E-state index contributed by atoms with van der Waals surface area (Å²) in [5.74, 6) is 1.50. The maximum atomic E-state index is 12.3. The molecule has 0 saturated heterocycles. The minimum atomic E-state index is 0.0831. The molecule has 0 N–H and O–H groups in total. The second-order valence-corrected chi connectivity index (χ2v) is 6.00. The normalized spacial score (nSPS) is 10.5. The Morgan fingerprint density at radius 3 is 2.62 bits per heavy atom. The lowest BCUT2D eigenvalue weighted by molar-refractivity contribution is -0.132. The fourth-order valence-corrected chi connectivity index (χ4v) is 2.75. The van der Waals surface area contributed by atoms with Crippen molar-refractivity contribution in [2.75, 3.05) is 7.11 Å². The largest absolute Gasteiger partial charge is 0.497 e. The van der Waals surface area contributed by atoms with Gasteiger partial charge in [-0.3, -0.25) is 4.79 Å². The van der Waals surface area contributed by atoms with Crippen LogP contribution in [0, 0.1) is 0 Å². The van der Waals surface area contributed by atoms with E-state index in [1.807, 2.05) is 67.6 Å². The molecule has 1 heterocycles. The van der Waals surface area contributed by atoms with E-state index in [1.165, 1.54) is 0 Å². The van der Waals surface area contributed by atoms with Gasteiger partial charge in [0.25, 0.3) is 0 Å². The lowest BCUT2D eigenvalue weighted by atomic mass is 10.1. The van der Waals surface area contributed by atoms with Crippen LogP contribution in [0.2, 0.25) is 0 Å². The van der Waals surface area contributed by atoms with E-state index in [0.29, 0.717) is 25.3 Å². The third-order valence-electron chi connectivity index (χ3n) is 4.14. The summed E-state index contributed by atoms with van der Waals surface area (Å²) in [6.45, 7) is 2.83. The molecular weight excluding hydrogens is 328 g/mol. The summed E-state index contributed by atoms with van der Waals surface area (Å²) in [5, 5.41) is 4.14. The molecule has 5 nitrogen and oxygen atoms in total. The summed E-state index contributed by atoms with van der Waals surface area (Å²) in [4.78, 5) is 14.1. The fourth-order valence-electron chi connectivity index (χ4n) is 2.75. The molecule has 0 spiro atoms. The van der Waals surface area contributed by atoms with Gasteiger partial charge in [-0.15, -0.1) is 0 Å². The lowest BCUT2D eigenvalue weighted by Crippen LogP contribution is -2.29. The molecule has 5 heteroatoms. The molecule has 3 rings (SSSR count). The van der Waals surface area contributed by atoms with Gasteiger partial charge >= 0.3 is 0 Å². The molecule has 26 heavy (non-hydrogen) atoms. The number of amides is 1. The number of benzene rings is 2. The molecule has 0 unspecified atom stereocenters. The highest BCUT2D eigenvalue weighted by atomic mass is 16.5. The van der Waals surface area contributed by atoms with Crippen LogP contribution < -0.4 is 4.74 Å². The van der Waals surface area contributed by atoms with Crippen molar-refractivity contribution in [2.24, 2.45) is 0 Å². The summed E-state index contributed by atoms with van der Waals surface area (Å²) < 4.78 is 10.7. The zero-order valence-corrected chi connectivity index (χ0v) is 15.0. The summed E-state index contributed by atoms with van der Waals surface area (Å²) in [6, 6.07) is 19.4. The third-order valence-corrected chi connectivity index (χ3v) is 4.14. The minimum absolute atomic E-state index is 0.0831. The lowest BCUT2D eigenvalue weighted by Gasteiger charge is -2.21. The second kappa shape index (κ2) is 8.34. The first kappa shape index (κ1) is 17.7. The molecule has 0 saturated carbocycles. The predicted octanol–water partition coefficient (Wildman–Crippen LogP) is 4.29. The van der Waals surface area contributed by atoms with Crippen molar-refractivity contribution in [1.82, 2.24) is 10.1 Å². The quantitative estimate of drug-likeness (QED) is 0.638. The van der Waals surface area contributed by atoms with Crippen molar-refractivity contribution in [2.45, 2.75) is 26.4 Å². The highest BCUT2D eigenvalue weighted by molar-refractivity contribution is 5.75. The van der Waals surface area contributed by atoms with Gasteiger partial charge < -0.3 is 14.2 Å². The molecule has 0 bridgehead atoms. The summed E-state index contributed by atoms with van der Waals surface area (Å²) in [5.41, 5.74) is 2.70. The minimum Gasteiger partial charge on any atom is -0.497 e. The Bertz CT molecular complexity index is 858. The highest BCUT2D eigenvalue weighted by Crippen LogP contribution is 2.25. The molecular formula is C21H22N2O3. The number of aromatic nitrogens is 1. The zero-order chi connectivity index (χ0) is 18.4. The Morgan fingerprint density at radius 2 is 1.88 bits per heavy atom. The van der Waals surface area contributed by atoms with Gasteiger partial charge in [-0.25, -0.2) is 0 Å². The Hall–Kier alpha value is -3.08. The molecule has 0 aliphatic rings. The van der Waals surface area contributed by atoms with Crippen molar-refractivity contribution >= 4 is 5.91 Å². The van der Waals surface area contributed by atoms with E-state index in [4.69, 9.17) is 9.26 Å². The number of nitrogens with zero attached hydrogens (tertiary/aromatic N) is 2. The van der Waals surface area contributed by atoms with Gasteiger partial charge in [0, 0.05) is 24.6 Å². The first-order valence-electron chi connectivity index (χ1n) is 8.61. The Morgan fingerprint density at radius 1 is 1.08 bits per heavy atom. The van der Waals surface area contributed by atoms with Crippen LogP contribution in [0.1, 0.15) is 24.6 Å². The van der Waals surface area contributed by atoms with Gasteiger partial charge in [-0.2, -0.15) is 0 Å². The van der Waals surface area contributed by atoms with E-state index in [9.17, 15) is 4.79 Å². The molecule has 0 fully saturated rings. The molecule has 0 aliphatic carbocycles. The number of carbonyl (C=O) groups is 1. The van der Waals surface area contributed by atoms with E-state index < -0.39 is 0 Å². The Kier molecular flexibility index (Phi) is 5.69. The molecule has 134 valence electrons. The number of rotatable bonds is 7.